The van der Waals surface area contributed by atoms with Crippen LogP contribution in [0.1, 0.15) is 47.0 Å². The molecule has 36 heavy (non-hydrogen) atoms. The first kappa shape index (κ1) is 30.1. The molecule has 0 spiro atoms. The van der Waals surface area contributed by atoms with E-state index in [9.17, 15) is 30.6 Å². The van der Waals surface area contributed by atoms with Gasteiger partial charge in [0.1, 0.15) is 42.2 Å². The van der Waals surface area contributed by atoms with Gasteiger partial charge in [0.15, 0.2) is 12.6 Å². The molecule has 2 aliphatic heterocycles. The highest BCUT2D eigenvalue weighted by atomic mass is 16.7. The molecule has 14 unspecified atom stereocenters. The smallest absolute Gasteiger partial charge is 0.186 e. The molecule has 0 aromatic carbocycles. The first-order valence-electron chi connectivity index (χ1n) is 13.1. The maximum absolute atomic E-state index is 11.4. The summed E-state index contributed by atoms with van der Waals surface area (Å²) in [5, 5.41) is 70.1. The molecule has 14 atom stereocenters. The molecular weight excluding hydrogens is 476 g/mol. The zero-order valence-corrected chi connectivity index (χ0v) is 21.9. The summed E-state index contributed by atoms with van der Waals surface area (Å²) in [4.78, 5) is 0. The van der Waals surface area contributed by atoms with Crippen molar-refractivity contribution in [2.24, 2.45) is 5.92 Å². The van der Waals surface area contributed by atoms with Gasteiger partial charge in [0.05, 0.1) is 24.9 Å². The van der Waals surface area contributed by atoms with Gasteiger partial charge in [0, 0.05) is 6.04 Å². The van der Waals surface area contributed by atoms with Gasteiger partial charge in [0.2, 0.25) is 0 Å². The van der Waals surface area contributed by atoms with Crippen LogP contribution in [0.2, 0.25) is 0 Å². The van der Waals surface area contributed by atoms with Crippen molar-refractivity contribution in [3.05, 3.63) is 0 Å². The number of aliphatic hydroxyl groups excluding tert-OH is 5. The van der Waals surface area contributed by atoms with Crippen molar-refractivity contribution in [2.45, 2.75) is 126 Å². The van der Waals surface area contributed by atoms with Crippen molar-refractivity contribution >= 4 is 0 Å². The standard InChI is InChI=1S/C24H46N2O10/c1-6-8-26-12-9-11(3)19(35-23-16(29)15(28)14(27)13(7-2)34-23)17(30)20(12)36-22-18(31)21(25-5)24(4,32)10-33-22/h11-23,25-32H,6-10H2,1-5H3. The van der Waals surface area contributed by atoms with Gasteiger partial charge in [0.25, 0.3) is 0 Å². The average molecular weight is 523 g/mol. The number of rotatable bonds is 9. The Kier molecular flexibility index (Phi) is 10.5. The van der Waals surface area contributed by atoms with E-state index in [2.05, 4.69) is 10.6 Å². The average Bonchev–Trinajstić information content (AvgIpc) is 2.83. The highest BCUT2D eigenvalue weighted by Crippen LogP contribution is 2.35. The zero-order valence-electron chi connectivity index (χ0n) is 21.9. The van der Waals surface area contributed by atoms with Crippen molar-refractivity contribution in [2.75, 3.05) is 20.2 Å². The second kappa shape index (κ2) is 12.6. The number of ether oxygens (including phenoxy) is 4. The third-order valence-corrected chi connectivity index (χ3v) is 7.71. The van der Waals surface area contributed by atoms with Gasteiger partial charge in [-0.2, -0.15) is 0 Å². The molecule has 212 valence electrons. The summed E-state index contributed by atoms with van der Waals surface area (Å²) in [6, 6.07) is -0.997. The molecule has 1 saturated carbocycles. The van der Waals surface area contributed by atoms with Crippen LogP contribution in [0.4, 0.5) is 0 Å². The van der Waals surface area contributed by atoms with E-state index in [0.717, 1.165) is 6.42 Å². The molecule has 12 heteroatoms. The molecule has 3 fully saturated rings. The van der Waals surface area contributed by atoms with Crippen LogP contribution in [0.25, 0.3) is 0 Å². The lowest BCUT2D eigenvalue weighted by molar-refractivity contribution is -0.335. The zero-order chi connectivity index (χ0) is 26.8. The topological polar surface area (TPSA) is 182 Å². The summed E-state index contributed by atoms with van der Waals surface area (Å²) in [5.41, 5.74) is -1.31. The summed E-state index contributed by atoms with van der Waals surface area (Å²) < 4.78 is 23.6. The predicted octanol–water partition coefficient (Wildman–Crippen LogP) is -2.20. The summed E-state index contributed by atoms with van der Waals surface area (Å²) >= 11 is 0. The third-order valence-electron chi connectivity index (χ3n) is 7.71. The largest absolute Gasteiger partial charge is 0.388 e. The molecule has 0 aromatic heterocycles. The fourth-order valence-corrected chi connectivity index (χ4v) is 5.59. The molecule has 3 aliphatic rings. The highest BCUT2D eigenvalue weighted by molar-refractivity contribution is 5.01. The first-order valence-corrected chi connectivity index (χ1v) is 13.1. The van der Waals surface area contributed by atoms with Gasteiger partial charge in [-0.15, -0.1) is 0 Å². The first-order chi connectivity index (χ1) is 17.0. The normalized spacial score (nSPS) is 50.2. The molecule has 0 amide bonds. The molecule has 8 N–H and O–H groups in total. The maximum atomic E-state index is 11.4. The molecule has 3 rings (SSSR count). The van der Waals surface area contributed by atoms with Gasteiger partial charge in [-0.3, -0.25) is 0 Å². The number of aliphatic hydroxyl groups is 6. The summed E-state index contributed by atoms with van der Waals surface area (Å²) in [6.45, 7) is 7.88. The van der Waals surface area contributed by atoms with Crippen LogP contribution in [-0.4, -0.2) is 130 Å². The van der Waals surface area contributed by atoms with Crippen LogP contribution in [0, 0.1) is 5.92 Å². The molecule has 0 bridgehead atoms. The summed E-state index contributed by atoms with van der Waals surface area (Å²) in [6.07, 6.45) is -9.58. The van der Waals surface area contributed by atoms with Gasteiger partial charge < -0.3 is 60.2 Å². The minimum absolute atomic E-state index is 0.0762. The Balaban J connectivity index is 1.78. The van der Waals surface area contributed by atoms with Crippen LogP contribution in [0.15, 0.2) is 0 Å². The Morgan fingerprint density at radius 1 is 0.917 bits per heavy atom. The lowest BCUT2D eigenvalue weighted by atomic mass is 9.79. The number of hydrogen-bond acceptors (Lipinski definition) is 12. The van der Waals surface area contributed by atoms with E-state index in [4.69, 9.17) is 18.9 Å². The molecule has 0 radical (unpaired) electrons. The lowest BCUT2D eigenvalue weighted by Crippen LogP contribution is -2.68. The van der Waals surface area contributed by atoms with Crippen molar-refractivity contribution < 1.29 is 49.6 Å². The predicted molar refractivity (Wildman–Crippen MR) is 128 cm³/mol. The van der Waals surface area contributed by atoms with Crippen LogP contribution < -0.4 is 10.6 Å². The van der Waals surface area contributed by atoms with Gasteiger partial charge in [-0.05, 0) is 45.7 Å². The Bertz CT molecular complexity index is 685. The quantitative estimate of drug-likeness (QED) is 0.164. The third kappa shape index (κ3) is 6.22. The van der Waals surface area contributed by atoms with E-state index < -0.39 is 73.1 Å². The number of hydrogen-bond donors (Lipinski definition) is 8. The van der Waals surface area contributed by atoms with Gasteiger partial charge in [-0.25, -0.2) is 0 Å². The minimum atomic E-state index is -1.50. The maximum Gasteiger partial charge on any atom is 0.186 e. The molecule has 2 saturated heterocycles. The lowest BCUT2D eigenvalue weighted by Gasteiger charge is -2.49. The van der Waals surface area contributed by atoms with Crippen LogP contribution in [0.3, 0.4) is 0 Å². The molecule has 0 aromatic rings. The van der Waals surface area contributed by atoms with E-state index in [1.165, 1.54) is 0 Å². The van der Waals surface area contributed by atoms with Crippen molar-refractivity contribution in [1.29, 1.82) is 0 Å². The monoisotopic (exact) mass is 522 g/mol. The minimum Gasteiger partial charge on any atom is -0.388 e. The molecule has 1 aliphatic carbocycles. The Labute approximate surface area is 212 Å². The fourth-order valence-electron chi connectivity index (χ4n) is 5.59. The Morgan fingerprint density at radius 2 is 1.58 bits per heavy atom. The van der Waals surface area contributed by atoms with E-state index in [1.807, 2.05) is 13.8 Å². The van der Waals surface area contributed by atoms with E-state index >= 15 is 0 Å². The molecule has 2 heterocycles. The summed E-state index contributed by atoms with van der Waals surface area (Å²) in [5.74, 6) is -0.183. The van der Waals surface area contributed by atoms with Crippen LogP contribution >= 0.6 is 0 Å². The van der Waals surface area contributed by atoms with E-state index in [1.54, 1.807) is 20.9 Å². The van der Waals surface area contributed by atoms with Crippen molar-refractivity contribution in [1.82, 2.24) is 10.6 Å². The Hall–Kier alpha value is -0.480. The van der Waals surface area contributed by atoms with Gasteiger partial charge >= 0.3 is 0 Å². The van der Waals surface area contributed by atoms with Gasteiger partial charge in [-0.1, -0.05) is 20.8 Å². The second-order valence-corrected chi connectivity index (χ2v) is 10.7. The van der Waals surface area contributed by atoms with E-state index in [0.29, 0.717) is 19.4 Å². The SMILES string of the molecule is CCCNC1CC(C)C(OC2OC(CC)C(O)C(O)C2O)C(O)C1OC1OCC(C)(O)C(NC)C1O. The second-order valence-electron chi connectivity index (χ2n) is 10.7. The fraction of sp³-hybridized carbons (Fsp3) is 1.00. The Morgan fingerprint density at radius 3 is 2.19 bits per heavy atom. The summed E-state index contributed by atoms with van der Waals surface area (Å²) in [7, 11) is 1.63. The molecule has 12 nitrogen and oxygen atoms in total. The van der Waals surface area contributed by atoms with E-state index in [-0.39, 0.29) is 18.6 Å². The number of nitrogens with one attached hydrogen (secondary N) is 2. The van der Waals surface area contributed by atoms with Crippen LogP contribution in [0.5, 0.6) is 0 Å². The van der Waals surface area contributed by atoms with Crippen LogP contribution in [-0.2, 0) is 18.9 Å². The van der Waals surface area contributed by atoms with Crippen molar-refractivity contribution in [3.63, 3.8) is 0 Å². The molecular formula is C24H46N2O10. The number of likely N-dealkylation sites (N-methyl/N-ethyl adjacent to an activating group) is 1. The highest BCUT2D eigenvalue weighted by Gasteiger charge is 2.52. The van der Waals surface area contributed by atoms with Crippen molar-refractivity contribution in [3.8, 4) is 0 Å².